The lowest BCUT2D eigenvalue weighted by Crippen LogP contribution is -2.17. The standard InChI is InChI=1S/C15H15BrClIN2/c1-8-7-9(16)5-6-10(8)14-19-12(15(2,3)4)11(18)13(17)20-14/h5-7H,1-4H3. The Morgan fingerprint density at radius 3 is 2.40 bits per heavy atom. The molecule has 0 spiro atoms. The molecule has 0 N–H and O–H groups in total. The maximum Gasteiger partial charge on any atom is 0.161 e. The van der Waals surface area contributed by atoms with Crippen molar-refractivity contribution in [3.63, 3.8) is 0 Å². The first-order valence-electron chi connectivity index (χ1n) is 6.20. The highest BCUT2D eigenvalue weighted by Gasteiger charge is 2.23. The summed E-state index contributed by atoms with van der Waals surface area (Å²) >= 11 is 12.0. The molecule has 0 radical (unpaired) electrons. The number of hydrogen-bond donors (Lipinski definition) is 0. The molecule has 1 heterocycles. The maximum atomic E-state index is 6.29. The molecular weight excluding hydrogens is 450 g/mol. The smallest absolute Gasteiger partial charge is 0.161 e. The topological polar surface area (TPSA) is 25.8 Å². The van der Waals surface area contributed by atoms with Crippen molar-refractivity contribution in [1.82, 2.24) is 9.97 Å². The molecule has 1 aromatic heterocycles. The second-order valence-electron chi connectivity index (χ2n) is 5.71. The number of hydrogen-bond acceptors (Lipinski definition) is 2. The summed E-state index contributed by atoms with van der Waals surface area (Å²) < 4.78 is 1.97. The summed E-state index contributed by atoms with van der Waals surface area (Å²) in [4.78, 5) is 9.19. The van der Waals surface area contributed by atoms with Crippen LogP contribution in [-0.4, -0.2) is 9.97 Å². The Hall–Kier alpha value is -0.200. The second-order valence-corrected chi connectivity index (χ2v) is 8.06. The average molecular weight is 466 g/mol. The third kappa shape index (κ3) is 3.34. The SMILES string of the molecule is Cc1cc(Br)ccc1-c1nc(Cl)c(I)c(C(C)(C)C)n1. The van der Waals surface area contributed by atoms with Gasteiger partial charge in [-0.1, -0.05) is 48.3 Å². The molecule has 0 aliphatic heterocycles. The zero-order valence-corrected chi connectivity index (χ0v) is 16.3. The fraction of sp³-hybridized carbons (Fsp3) is 0.333. The lowest BCUT2D eigenvalue weighted by Gasteiger charge is -2.21. The zero-order chi connectivity index (χ0) is 15.1. The molecule has 20 heavy (non-hydrogen) atoms. The van der Waals surface area contributed by atoms with E-state index in [2.05, 4.69) is 70.3 Å². The summed E-state index contributed by atoms with van der Waals surface area (Å²) in [5.41, 5.74) is 3.05. The molecule has 2 aromatic rings. The van der Waals surface area contributed by atoms with E-state index in [0.29, 0.717) is 11.0 Å². The van der Waals surface area contributed by atoms with Gasteiger partial charge in [0.1, 0.15) is 5.15 Å². The average Bonchev–Trinajstić information content (AvgIpc) is 2.31. The molecule has 0 amide bonds. The van der Waals surface area contributed by atoms with E-state index in [9.17, 15) is 0 Å². The van der Waals surface area contributed by atoms with Crippen molar-refractivity contribution >= 4 is 50.1 Å². The quantitative estimate of drug-likeness (QED) is 0.395. The van der Waals surface area contributed by atoms with Gasteiger partial charge >= 0.3 is 0 Å². The van der Waals surface area contributed by atoms with Gasteiger partial charge in [-0.2, -0.15) is 0 Å². The molecule has 0 saturated heterocycles. The van der Waals surface area contributed by atoms with Crippen molar-refractivity contribution in [2.45, 2.75) is 33.1 Å². The van der Waals surface area contributed by atoms with Gasteiger partial charge in [0.25, 0.3) is 0 Å². The van der Waals surface area contributed by atoms with Crippen molar-refractivity contribution in [2.75, 3.05) is 0 Å². The van der Waals surface area contributed by atoms with Gasteiger partial charge in [0.15, 0.2) is 5.82 Å². The van der Waals surface area contributed by atoms with Crippen molar-refractivity contribution in [3.05, 3.63) is 42.7 Å². The fourth-order valence-electron chi connectivity index (χ4n) is 1.92. The van der Waals surface area contributed by atoms with Crippen LogP contribution in [0.2, 0.25) is 5.15 Å². The van der Waals surface area contributed by atoms with Crippen LogP contribution in [0.4, 0.5) is 0 Å². The van der Waals surface area contributed by atoms with Crippen molar-refractivity contribution in [3.8, 4) is 11.4 Å². The van der Waals surface area contributed by atoms with E-state index < -0.39 is 0 Å². The van der Waals surface area contributed by atoms with E-state index in [1.807, 2.05) is 19.1 Å². The monoisotopic (exact) mass is 464 g/mol. The summed E-state index contributed by atoms with van der Waals surface area (Å²) in [6.07, 6.45) is 0. The molecule has 0 bridgehead atoms. The van der Waals surface area contributed by atoms with Gasteiger partial charge in [-0.05, 0) is 53.3 Å². The second kappa shape index (κ2) is 5.89. The van der Waals surface area contributed by atoms with E-state index in [1.54, 1.807) is 0 Å². The minimum atomic E-state index is -0.0683. The molecule has 1 aromatic carbocycles. The van der Waals surface area contributed by atoms with Gasteiger partial charge in [0, 0.05) is 15.5 Å². The van der Waals surface area contributed by atoms with Crippen LogP contribution in [0.15, 0.2) is 22.7 Å². The van der Waals surface area contributed by atoms with Crippen LogP contribution in [-0.2, 0) is 5.41 Å². The first-order valence-corrected chi connectivity index (χ1v) is 8.45. The highest BCUT2D eigenvalue weighted by atomic mass is 127. The predicted octanol–water partition coefficient (Wildman–Crippen LogP) is 5.77. The molecular formula is C15H15BrClIN2. The number of aryl methyl sites for hydroxylation is 1. The lowest BCUT2D eigenvalue weighted by atomic mass is 9.92. The third-order valence-electron chi connectivity index (χ3n) is 2.95. The number of aromatic nitrogens is 2. The van der Waals surface area contributed by atoms with Crippen LogP contribution in [0.25, 0.3) is 11.4 Å². The molecule has 0 fully saturated rings. The van der Waals surface area contributed by atoms with Gasteiger partial charge in [0.05, 0.1) is 9.26 Å². The molecule has 0 unspecified atom stereocenters. The van der Waals surface area contributed by atoms with E-state index in [0.717, 1.165) is 24.9 Å². The Balaban J connectivity index is 2.67. The first-order chi connectivity index (χ1) is 9.20. The van der Waals surface area contributed by atoms with Crippen LogP contribution in [0.3, 0.4) is 0 Å². The number of benzene rings is 1. The van der Waals surface area contributed by atoms with Crippen LogP contribution < -0.4 is 0 Å². The molecule has 0 saturated carbocycles. The lowest BCUT2D eigenvalue weighted by molar-refractivity contribution is 0.563. The van der Waals surface area contributed by atoms with Gasteiger partial charge in [-0.3, -0.25) is 0 Å². The highest BCUT2D eigenvalue weighted by molar-refractivity contribution is 14.1. The predicted molar refractivity (Wildman–Crippen MR) is 96.3 cm³/mol. The largest absolute Gasteiger partial charge is 0.231 e. The Morgan fingerprint density at radius 2 is 1.85 bits per heavy atom. The molecule has 0 aliphatic rings. The molecule has 2 nitrogen and oxygen atoms in total. The number of nitrogens with zero attached hydrogens (tertiary/aromatic N) is 2. The fourth-order valence-corrected chi connectivity index (χ4v) is 3.61. The van der Waals surface area contributed by atoms with Gasteiger partial charge < -0.3 is 0 Å². The zero-order valence-electron chi connectivity index (χ0n) is 11.8. The van der Waals surface area contributed by atoms with E-state index in [4.69, 9.17) is 16.6 Å². The minimum Gasteiger partial charge on any atom is -0.231 e. The minimum absolute atomic E-state index is 0.0683. The van der Waals surface area contributed by atoms with Crippen LogP contribution in [0, 0.1) is 10.5 Å². The van der Waals surface area contributed by atoms with Gasteiger partial charge in [-0.15, -0.1) is 0 Å². The van der Waals surface area contributed by atoms with Crippen LogP contribution >= 0.6 is 50.1 Å². The Bertz CT molecular complexity index is 666. The summed E-state index contributed by atoms with van der Waals surface area (Å²) in [6.45, 7) is 8.44. The molecule has 0 atom stereocenters. The van der Waals surface area contributed by atoms with Crippen LogP contribution in [0.1, 0.15) is 32.0 Å². The van der Waals surface area contributed by atoms with Crippen LogP contribution in [0.5, 0.6) is 0 Å². The summed E-state index contributed by atoms with van der Waals surface area (Å²) in [6, 6.07) is 6.07. The third-order valence-corrected chi connectivity index (χ3v) is 5.06. The number of halogens is 3. The van der Waals surface area contributed by atoms with E-state index >= 15 is 0 Å². The Labute approximate surface area is 146 Å². The molecule has 5 heteroatoms. The maximum absolute atomic E-state index is 6.29. The van der Waals surface area contributed by atoms with E-state index in [1.165, 1.54) is 0 Å². The summed E-state index contributed by atoms with van der Waals surface area (Å²) in [7, 11) is 0. The normalized spacial score (nSPS) is 11.8. The molecule has 0 aliphatic carbocycles. The van der Waals surface area contributed by atoms with Crippen molar-refractivity contribution < 1.29 is 0 Å². The first kappa shape index (κ1) is 16.2. The Morgan fingerprint density at radius 1 is 1.20 bits per heavy atom. The highest BCUT2D eigenvalue weighted by Crippen LogP contribution is 2.32. The number of rotatable bonds is 1. The molecule has 106 valence electrons. The van der Waals surface area contributed by atoms with Crippen molar-refractivity contribution in [2.24, 2.45) is 0 Å². The van der Waals surface area contributed by atoms with E-state index in [-0.39, 0.29) is 5.41 Å². The summed E-state index contributed by atoms with van der Waals surface area (Å²) in [5.74, 6) is 0.686. The van der Waals surface area contributed by atoms with Gasteiger partial charge in [-0.25, -0.2) is 9.97 Å². The Kier molecular flexibility index (Phi) is 4.76. The van der Waals surface area contributed by atoms with Crippen molar-refractivity contribution in [1.29, 1.82) is 0 Å². The molecule has 2 rings (SSSR count). The summed E-state index contributed by atoms with van der Waals surface area (Å²) in [5, 5.41) is 0.517. The van der Waals surface area contributed by atoms with Gasteiger partial charge in [0.2, 0.25) is 0 Å².